The van der Waals surface area contributed by atoms with Crippen LogP contribution in [0.4, 0.5) is 5.69 Å². The quantitative estimate of drug-likeness (QED) is 0.916. The molecule has 0 saturated carbocycles. The van der Waals surface area contributed by atoms with E-state index in [0.717, 1.165) is 37.2 Å². The molecule has 0 unspecified atom stereocenters. The Labute approximate surface area is 113 Å². The summed E-state index contributed by atoms with van der Waals surface area (Å²) in [5, 5.41) is 10.2. The molecule has 1 aromatic rings. The Hall–Kier alpha value is -0.770. The molecule has 1 fully saturated rings. The highest BCUT2D eigenvalue weighted by molar-refractivity contribution is 6.33. The third-order valence-corrected chi connectivity index (χ3v) is 3.87. The summed E-state index contributed by atoms with van der Waals surface area (Å²) in [6.07, 6.45) is 1.96. The van der Waals surface area contributed by atoms with Crippen molar-refractivity contribution in [3.05, 3.63) is 28.8 Å². The summed E-state index contributed by atoms with van der Waals surface area (Å²) in [6, 6.07) is 5.79. The van der Waals surface area contributed by atoms with Crippen molar-refractivity contribution >= 4 is 17.3 Å². The number of aliphatic hydroxyl groups excluding tert-OH is 1. The first-order chi connectivity index (χ1) is 8.61. The SMILES string of the molecule is COC1CCN(c2ccc([C@H](C)O)cc2Cl)CC1. The van der Waals surface area contributed by atoms with Gasteiger partial charge in [0.15, 0.2) is 0 Å². The van der Waals surface area contributed by atoms with Crippen LogP contribution in [-0.2, 0) is 4.74 Å². The van der Waals surface area contributed by atoms with Crippen molar-refractivity contribution in [3.8, 4) is 0 Å². The van der Waals surface area contributed by atoms with Gasteiger partial charge in [-0.15, -0.1) is 0 Å². The maximum Gasteiger partial charge on any atom is 0.0762 e. The van der Waals surface area contributed by atoms with Gasteiger partial charge in [0, 0.05) is 20.2 Å². The van der Waals surface area contributed by atoms with Crippen LogP contribution in [0, 0.1) is 0 Å². The van der Waals surface area contributed by atoms with Crippen molar-refractivity contribution in [2.45, 2.75) is 32.0 Å². The number of hydrogen-bond acceptors (Lipinski definition) is 3. The van der Waals surface area contributed by atoms with Crippen molar-refractivity contribution in [1.29, 1.82) is 0 Å². The average Bonchev–Trinajstić information content (AvgIpc) is 2.38. The number of hydrogen-bond donors (Lipinski definition) is 1. The first-order valence-corrected chi connectivity index (χ1v) is 6.75. The van der Waals surface area contributed by atoms with Gasteiger partial charge in [-0.3, -0.25) is 0 Å². The molecule has 0 amide bonds. The molecule has 100 valence electrons. The number of piperidine rings is 1. The molecule has 1 saturated heterocycles. The molecule has 1 aliphatic heterocycles. The fourth-order valence-electron chi connectivity index (χ4n) is 2.37. The Morgan fingerprint density at radius 1 is 1.39 bits per heavy atom. The lowest BCUT2D eigenvalue weighted by atomic mass is 10.1. The van der Waals surface area contributed by atoms with Gasteiger partial charge in [-0.25, -0.2) is 0 Å². The first kappa shape index (κ1) is 13.7. The summed E-state index contributed by atoms with van der Waals surface area (Å²) < 4.78 is 5.36. The van der Waals surface area contributed by atoms with E-state index in [1.807, 2.05) is 18.2 Å². The minimum Gasteiger partial charge on any atom is -0.389 e. The van der Waals surface area contributed by atoms with Crippen LogP contribution in [-0.4, -0.2) is 31.4 Å². The highest BCUT2D eigenvalue weighted by Gasteiger charge is 2.20. The summed E-state index contributed by atoms with van der Waals surface area (Å²) in [6.45, 7) is 3.67. The molecule has 0 aliphatic carbocycles. The number of nitrogens with zero attached hydrogens (tertiary/aromatic N) is 1. The van der Waals surface area contributed by atoms with E-state index in [1.54, 1.807) is 14.0 Å². The van der Waals surface area contributed by atoms with Gasteiger partial charge in [0.1, 0.15) is 0 Å². The van der Waals surface area contributed by atoms with Crippen molar-refractivity contribution in [1.82, 2.24) is 0 Å². The molecule has 1 aliphatic rings. The average molecular weight is 270 g/mol. The molecular formula is C14H20ClNO2. The fraction of sp³-hybridized carbons (Fsp3) is 0.571. The van der Waals surface area contributed by atoms with E-state index in [0.29, 0.717) is 11.1 Å². The van der Waals surface area contributed by atoms with E-state index < -0.39 is 6.10 Å². The topological polar surface area (TPSA) is 32.7 Å². The summed E-state index contributed by atoms with van der Waals surface area (Å²) in [4.78, 5) is 2.28. The molecule has 1 N–H and O–H groups in total. The lowest BCUT2D eigenvalue weighted by Gasteiger charge is -2.33. The zero-order valence-electron chi connectivity index (χ0n) is 10.9. The predicted molar refractivity (Wildman–Crippen MR) is 74.3 cm³/mol. The predicted octanol–water partition coefficient (Wildman–Crippen LogP) is 3.01. The van der Waals surface area contributed by atoms with Gasteiger partial charge in [0.25, 0.3) is 0 Å². The summed E-state index contributed by atoms with van der Waals surface area (Å²) in [5.74, 6) is 0. The third kappa shape index (κ3) is 2.97. The van der Waals surface area contributed by atoms with E-state index in [9.17, 15) is 5.11 Å². The number of aliphatic hydroxyl groups is 1. The highest BCUT2D eigenvalue weighted by Crippen LogP contribution is 2.31. The van der Waals surface area contributed by atoms with Crippen LogP contribution in [0.15, 0.2) is 18.2 Å². The number of halogens is 1. The molecule has 18 heavy (non-hydrogen) atoms. The van der Waals surface area contributed by atoms with Gasteiger partial charge >= 0.3 is 0 Å². The van der Waals surface area contributed by atoms with Gasteiger partial charge in [-0.2, -0.15) is 0 Å². The van der Waals surface area contributed by atoms with E-state index >= 15 is 0 Å². The smallest absolute Gasteiger partial charge is 0.0762 e. The van der Waals surface area contributed by atoms with Crippen LogP contribution in [0.25, 0.3) is 0 Å². The maximum atomic E-state index is 9.53. The molecule has 4 heteroatoms. The number of rotatable bonds is 3. The lowest BCUT2D eigenvalue weighted by Crippen LogP contribution is -2.36. The van der Waals surface area contributed by atoms with Gasteiger partial charge in [-0.05, 0) is 37.5 Å². The normalized spacial score (nSPS) is 19.0. The van der Waals surface area contributed by atoms with Gasteiger partial charge in [-0.1, -0.05) is 17.7 Å². The standard InChI is InChI=1S/C14H20ClNO2/c1-10(17)11-3-4-14(13(15)9-11)16-7-5-12(18-2)6-8-16/h3-4,9-10,12,17H,5-8H2,1-2H3/t10-/m0/s1. The van der Waals surface area contributed by atoms with E-state index in [2.05, 4.69) is 4.90 Å². The van der Waals surface area contributed by atoms with Crippen molar-refractivity contribution in [3.63, 3.8) is 0 Å². The molecule has 0 spiro atoms. The molecule has 1 heterocycles. The second kappa shape index (κ2) is 5.91. The number of ether oxygens (including phenoxy) is 1. The fourth-order valence-corrected chi connectivity index (χ4v) is 2.68. The minimum atomic E-state index is -0.476. The summed E-state index contributed by atoms with van der Waals surface area (Å²) in [7, 11) is 1.77. The van der Waals surface area contributed by atoms with Gasteiger partial charge in [0.2, 0.25) is 0 Å². The van der Waals surface area contributed by atoms with Gasteiger partial charge in [0.05, 0.1) is 22.9 Å². The third-order valence-electron chi connectivity index (χ3n) is 3.57. The van der Waals surface area contributed by atoms with Crippen LogP contribution in [0.1, 0.15) is 31.4 Å². The monoisotopic (exact) mass is 269 g/mol. The Bertz CT molecular complexity index is 401. The summed E-state index contributed by atoms with van der Waals surface area (Å²) >= 11 is 6.29. The molecule has 0 bridgehead atoms. The lowest BCUT2D eigenvalue weighted by molar-refractivity contribution is 0.0819. The second-order valence-corrected chi connectivity index (χ2v) is 5.22. The van der Waals surface area contributed by atoms with E-state index in [4.69, 9.17) is 16.3 Å². The number of anilines is 1. The first-order valence-electron chi connectivity index (χ1n) is 6.37. The zero-order chi connectivity index (χ0) is 13.1. The number of benzene rings is 1. The highest BCUT2D eigenvalue weighted by atomic mass is 35.5. The van der Waals surface area contributed by atoms with Crippen LogP contribution < -0.4 is 4.90 Å². The molecule has 1 atom stereocenters. The molecule has 3 nitrogen and oxygen atoms in total. The van der Waals surface area contributed by atoms with E-state index in [1.165, 1.54) is 0 Å². The Kier molecular flexibility index (Phi) is 4.49. The molecule has 1 aromatic carbocycles. The van der Waals surface area contributed by atoms with Crippen molar-refractivity contribution in [2.24, 2.45) is 0 Å². The van der Waals surface area contributed by atoms with Crippen LogP contribution in [0.5, 0.6) is 0 Å². The largest absolute Gasteiger partial charge is 0.389 e. The molecular weight excluding hydrogens is 250 g/mol. The van der Waals surface area contributed by atoms with Crippen LogP contribution >= 0.6 is 11.6 Å². The van der Waals surface area contributed by atoms with Crippen LogP contribution in [0.2, 0.25) is 5.02 Å². The maximum absolute atomic E-state index is 9.53. The Balaban J connectivity index is 2.10. The van der Waals surface area contributed by atoms with Crippen LogP contribution in [0.3, 0.4) is 0 Å². The Morgan fingerprint density at radius 2 is 2.06 bits per heavy atom. The molecule has 0 aromatic heterocycles. The van der Waals surface area contributed by atoms with Gasteiger partial charge < -0.3 is 14.7 Å². The molecule has 2 rings (SSSR count). The summed E-state index contributed by atoms with van der Waals surface area (Å²) in [5.41, 5.74) is 1.91. The molecule has 0 radical (unpaired) electrons. The minimum absolute atomic E-state index is 0.372. The van der Waals surface area contributed by atoms with Crippen molar-refractivity contribution in [2.75, 3.05) is 25.1 Å². The number of methoxy groups -OCH3 is 1. The van der Waals surface area contributed by atoms with Crippen molar-refractivity contribution < 1.29 is 9.84 Å². The van der Waals surface area contributed by atoms with E-state index in [-0.39, 0.29) is 0 Å². The zero-order valence-corrected chi connectivity index (χ0v) is 11.7. The second-order valence-electron chi connectivity index (χ2n) is 4.81. The Morgan fingerprint density at radius 3 is 2.56 bits per heavy atom.